The van der Waals surface area contributed by atoms with Crippen molar-refractivity contribution in [3.8, 4) is 0 Å². The van der Waals surface area contributed by atoms with Gasteiger partial charge in [-0.05, 0) is 148 Å². The SMILES string of the molecule is CCC12CCC3C45CCCCC4CCC35C1CCC2CCCc1ccccc1CCNC. The molecule has 0 amide bonds. The van der Waals surface area contributed by atoms with Gasteiger partial charge < -0.3 is 5.32 Å². The fraction of sp³-hybridized carbons (Fsp3) is 0.806. The van der Waals surface area contributed by atoms with Gasteiger partial charge in [0.1, 0.15) is 0 Å². The zero-order valence-electron chi connectivity index (χ0n) is 20.9. The normalized spacial score (nSPS) is 43.9. The molecule has 6 rings (SSSR count). The first kappa shape index (κ1) is 21.7. The lowest BCUT2D eigenvalue weighted by atomic mass is 9.57. The lowest BCUT2D eigenvalue weighted by Gasteiger charge is -2.48. The second-order valence-corrected chi connectivity index (χ2v) is 12.6. The molecule has 0 aliphatic heterocycles. The molecule has 1 nitrogen and oxygen atoms in total. The van der Waals surface area contributed by atoms with Gasteiger partial charge in [0.2, 0.25) is 0 Å². The van der Waals surface area contributed by atoms with Crippen LogP contribution in [0.25, 0.3) is 0 Å². The highest BCUT2D eigenvalue weighted by molar-refractivity contribution is 5.33. The van der Waals surface area contributed by atoms with Gasteiger partial charge in [-0.15, -0.1) is 0 Å². The summed E-state index contributed by atoms with van der Waals surface area (Å²) in [4.78, 5) is 0. The van der Waals surface area contributed by atoms with Gasteiger partial charge in [0.25, 0.3) is 0 Å². The minimum absolute atomic E-state index is 0.706. The first-order valence-corrected chi connectivity index (χ1v) is 14.4. The summed E-state index contributed by atoms with van der Waals surface area (Å²) >= 11 is 0. The molecule has 7 unspecified atom stereocenters. The van der Waals surface area contributed by atoms with E-state index in [0.717, 1.165) is 41.0 Å². The van der Waals surface area contributed by atoms with Gasteiger partial charge in [0.15, 0.2) is 0 Å². The predicted molar refractivity (Wildman–Crippen MR) is 135 cm³/mol. The zero-order valence-corrected chi connectivity index (χ0v) is 20.9. The molecular formula is C31H47N. The van der Waals surface area contributed by atoms with Crippen molar-refractivity contribution in [3.63, 3.8) is 0 Å². The van der Waals surface area contributed by atoms with Crippen LogP contribution in [0.15, 0.2) is 24.3 Å². The van der Waals surface area contributed by atoms with Crippen LogP contribution >= 0.6 is 0 Å². The van der Waals surface area contributed by atoms with E-state index in [-0.39, 0.29) is 0 Å². The largest absolute Gasteiger partial charge is 0.319 e. The lowest BCUT2D eigenvalue weighted by molar-refractivity contribution is 0.0100. The molecule has 5 fully saturated rings. The molecule has 2 spiro atoms. The molecule has 1 aromatic rings. The van der Waals surface area contributed by atoms with Crippen LogP contribution in [0.1, 0.15) is 102 Å². The van der Waals surface area contributed by atoms with Crippen LogP contribution in [-0.4, -0.2) is 13.6 Å². The van der Waals surface area contributed by atoms with Crippen molar-refractivity contribution in [3.05, 3.63) is 35.4 Å². The topological polar surface area (TPSA) is 12.0 Å². The quantitative estimate of drug-likeness (QED) is 0.445. The third-order valence-electron chi connectivity index (χ3n) is 12.3. The van der Waals surface area contributed by atoms with E-state index in [9.17, 15) is 0 Å². The van der Waals surface area contributed by atoms with Gasteiger partial charge in [0, 0.05) is 0 Å². The van der Waals surface area contributed by atoms with E-state index in [1.54, 1.807) is 68.9 Å². The number of benzene rings is 1. The molecule has 0 bridgehead atoms. The second-order valence-electron chi connectivity index (χ2n) is 12.6. The number of fused-ring (bicyclic) bond motifs is 1. The summed E-state index contributed by atoms with van der Waals surface area (Å²) in [5, 5.41) is 3.33. The molecule has 1 aromatic carbocycles. The van der Waals surface area contributed by atoms with E-state index in [1.165, 1.54) is 38.5 Å². The fourth-order valence-electron chi connectivity index (χ4n) is 11.3. The Bertz CT molecular complexity index is 830. The number of hydrogen-bond acceptors (Lipinski definition) is 1. The van der Waals surface area contributed by atoms with E-state index < -0.39 is 0 Å². The van der Waals surface area contributed by atoms with E-state index in [0.29, 0.717) is 5.41 Å². The Morgan fingerprint density at radius 3 is 2.50 bits per heavy atom. The van der Waals surface area contributed by atoms with Crippen molar-refractivity contribution in [1.82, 2.24) is 5.32 Å². The summed E-state index contributed by atoms with van der Waals surface area (Å²) < 4.78 is 0. The van der Waals surface area contributed by atoms with Gasteiger partial charge in [-0.25, -0.2) is 0 Å². The number of aryl methyl sites for hydroxylation is 1. The van der Waals surface area contributed by atoms with Gasteiger partial charge in [-0.2, -0.15) is 0 Å². The van der Waals surface area contributed by atoms with E-state index in [4.69, 9.17) is 0 Å². The maximum atomic E-state index is 3.33. The summed E-state index contributed by atoms with van der Waals surface area (Å²) in [6.45, 7) is 3.67. The van der Waals surface area contributed by atoms with Crippen molar-refractivity contribution >= 4 is 0 Å². The standard InChI is InChI=1S/C31H47N/c1-3-29-20-17-28-30-19-7-6-12-26(30)16-21-31(28,30)27(29)15-14-25(29)13-8-11-23-9-4-5-10-24(23)18-22-32-2/h4-5,9-10,25-28,32H,3,6-8,11-22H2,1-2H3. The third kappa shape index (κ3) is 2.79. The number of nitrogens with one attached hydrogen (secondary N) is 1. The van der Waals surface area contributed by atoms with Crippen LogP contribution in [0.2, 0.25) is 0 Å². The lowest BCUT2D eigenvalue weighted by Crippen LogP contribution is -2.40. The van der Waals surface area contributed by atoms with Crippen LogP contribution in [0.4, 0.5) is 0 Å². The molecule has 1 heteroatoms. The highest BCUT2D eigenvalue weighted by Crippen LogP contribution is 2.92. The van der Waals surface area contributed by atoms with Crippen LogP contribution < -0.4 is 5.32 Å². The van der Waals surface area contributed by atoms with Crippen LogP contribution in [0, 0.1) is 39.9 Å². The van der Waals surface area contributed by atoms with Crippen LogP contribution in [-0.2, 0) is 12.8 Å². The Labute approximate surface area is 197 Å². The monoisotopic (exact) mass is 433 g/mol. The Kier molecular flexibility index (Phi) is 5.52. The molecule has 5 aliphatic carbocycles. The Morgan fingerprint density at radius 2 is 1.69 bits per heavy atom. The average Bonchev–Trinajstić information content (AvgIpc) is 3.10. The first-order valence-electron chi connectivity index (χ1n) is 14.4. The molecule has 32 heavy (non-hydrogen) atoms. The van der Waals surface area contributed by atoms with Gasteiger partial charge in [0.05, 0.1) is 0 Å². The van der Waals surface area contributed by atoms with Gasteiger partial charge in [-0.1, -0.05) is 44.0 Å². The smallest absolute Gasteiger partial charge is 0.00113 e. The average molecular weight is 434 g/mol. The predicted octanol–water partition coefficient (Wildman–Crippen LogP) is 7.57. The summed E-state index contributed by atoms with van der Waals surface area (Å²) in [6.07, 6.45) is 22.7. The summed E-state index contributed by atoms with van der Waals surface area (Å²) in [5.74, 6) is 4.38. The minimum Gasteiger partial charge on any atom is -0.319 e. The highest BCUT2D eigenvalue weighted by Gasteiger charge is 2.85. The third-order valence-corrected chi connectivity index (χ3v) is 12.3. The van der Waals surface area contributed by atoms with Crippen molar-refractivity contribution < 1.29 is 0 Å². The van der Waals surface area contributed by atoms with Crippen molar-refractivity contribution in [2.24, 2.45) is 39.9 Å². The van der Waals surface area contributed by atoms with Gasteiger partial charge >= 0.3 is 0 Å². The van der Waals surface area contributed by atoms with E-state index in [1.807, 2.05) is 0 Å². The molecule has 0 heterocycles. The molecule has 1 N–H and O–H groups in total. The molecule has 0 radical (unpaired) electrons. The van der Waals surface area contributed by atoms with Gasteiger partial charge in [-0.3, -0.25) is 0 Å². The van der Waals surface area contributed by atoms with Crippen molar-refractivity contribution in [2.75, 3.05) is 13.6 Å². The van der Waals surface area contributed by atoms with E-state index >= 15 is 0 Å². The number of hydrogen-bond donors (Lipinski definition) is 1. The first-order chi connectivity index (χ1) is 15.7. The molecular weight excluding hydrogens is 386 g/mol. The molecule has 176 valence electrons. The summed E-state index contributed by atoms with van der Waals surface area (Å²) in [7, 11) is 2.07. The molecule has 0 saturated heterocycles. The number of likely N-dealkylation sites (N-methyl/N-ethyl adjacent to an activating group) is 1. The van der Waals surface area contributed by atoms with Crippen molar-refractivity contribution in [2.45, 2.75) is 103 Å². The van der Waals surface area contributed by atoms with Crippen molar-refractivity contribution in [1.29, 1.82) is 0 Å². The maximum absolute atomic E-state index is 3.33. The Hall–Kier alpha value is -0.820. The maximum Gasteiger partial charge on any atom is -0.00113 e. The second kappa shape index (κ2) is 8.14. The minimum atomic E-state index is 0.706. The van der Waals surface area contributed by atoms with Crippen LogP contribution in [0.3, 0.4) is 0 Å². The highest BCUT2D eigenvalue weighted by atomic mass is 14.9. The molecule has 5 aliphatic rings. The Morgan fingerprint density at radius 1 is 0.844 bits per heavy atom. The number of rotatable bonds is 8. The van der Waals surface area contributed by atoms with Crippen LogP contribution in [0.5, 0.6) is 0 Å². The molecule has 5 saturated carbocycles. The summed E-state index contributed by atoms with van der Waals surface area (Å²) in [6, 6.07) is 9.24. The zero-order chi connectivity index (χ0) is 21.8. The fourth-order valence-corrected chi connectivity index (χ4v) is 11.3. The summed E-state index contributed by atoms with van der Waals surface area (Å²) in [5.41, 5.74) is 5.56. The van der Waals surface area contributed by atoms with E-state index in [2.05, 4.69) is 43.6 Å². The molecule has 0 aromatic heterocycles. The molecule has 7 atom stereocenters. The Balaban J connectivity index is 1.17.